The molecule has 1 fully saturated rings. The number of hydrogen-bond acceptors (Lipinski definition) is 5. The first-order chi connectivity index (χ1) is 17.5. The van der Waals surface area contributed by atoms with Crippen LogP contribution in [0.5, 0.6) is 0 Å². The van der Waals surface area contributed by atoms with Gasteiger partial charge in [-0.25, -0.2) is 17.9 Å². The molecule has 1 aliphatic carbocycles. The Kier molecular flexibility index (Phi) is 8.67. The zero-order valence-corrected chi connectivity index (χ0v) is 22.8. The number of sulfonamides is 1. The molecule has 3 rings (SSSR count). The number of nitrogens with zero attached hydrogens (tertiary/aromatic N) is 1. The summed E-state index contributed by atoms with van der Waals surface area (Å²) in [5, 5.41) is 0. The van der Waals surface area contributed by atoms with Gasteiger partial charge in [-0.2, -0.15) is 13.2 Å². The number of carbonyl (C=O) groups excluding carboxylic acids is 2. The van der Waals surface area contributed by atoms with E-state index < -0.39 is 44.1 Å². The van der Waals surface area contributed by atoms with Crippen LogP contribution in [-0.4, -0.2) is 37.0 Å². The molecule has 0 spiro atoms. The fourth-order valence-electron chi connectivity index (χ4n) is 4.84. The van der Waals surface area contributed by atoms with Crippen molar-refractivity contribution in [3.05, 3.63) is 41.1 Å². The zero-order chi connectivity index (χ0) is 28.5. The minimum atomic E-state index is -5.00. The molecule has 3 N–H and O–H groups in total. The van der Waals surface area contributed by atoms with Gasteiger partial charge in [0, 0.05) is 17.8 Å². The Bertz CT molecular complexity index is 1300. The predicted molar refractivity (Wildman–Crippen MR) is 136 cm³/mol. The van der Waals surface area contributed by atoms with Crippen LogP contribution in [0.4, 0.5) is 13.2 Å². The largest absolute Gasteiger partial charge is 0.462 e. The maximum Gasteiger partial charge on any atom is 0.417 e. The molecule has 0 saturated heterocycles. The highest BCUT2D eigenvalue weighted by Gasteiger charge is 2.39. The second kappa shape index (κ2) is 11.1. The van der Waals surface area contributed by atoms with E-state index in [1.165, 1.54) is 37.5 Å². The molecule has 0 atom stereocenters. The van der Waals surface area contributed by atoms with Gasteiger partial charge in [0.25, 0.3) is 5.91 Å². The van der Waals surface area contributed by atoms with Crippen molar-refractivity contribution in [2.45, 2.75) is 83.0 Å². The van der Waals surface area contributed by atoms with E-state index in [1.807, 2.05) is 0 Å². The molecule has 210 valence electrons. The minimum Gasteiger partial charge on any atom is -0.462 e. The van der Waals surface area contributed by atoms with Gasteiger partial charge in [0.1, 0.15) is 5.69 Å². The number of carbonyl (C=O) groups is 2. The highest BCUT2D eigenvalue weighted by atomic mass is 32.2. The molecule has 8 nitrogen and oxygen atoms in total. The van der Waals surface area contributed by atoms with Crippen molar-refractivity contribution in [3.63, 3.8) is 0 Å². The second-order valence-corrected chi connectivity index (χ2v) is 12.2. The summed E-state index contributed by atoms with van der Waals surface area (Å²) in [5.41, 5.74) is 3.10. The van der Waals surface area contributed by atoms with Crippen LogP contribution in [0.25, 0.3) is 11.3 Å². The molecular weight excluding hydrogens is 523 g/mol. The van der Waals surface area contributed by atoms with Crippen LogP contribution in [-0.2, 0) is 27.5 Å². The van der Waals surface area contributed by atoms with E-state index >= 15 is 0 Å². The number of nitrogens with one attached hydrogen (secondary N) is 1. The fraction of sp³-hybridized carbons (Fsp3) is 0.538. The van der Waals surface area contributed by atoms with Gasteiger partial charge in [-0.1, -0.05) is 25.3 Å². The summed E-state index contributed by atoms with van der Waals surface area (Å²) in [6, 6.07) is 4.14. The lowest BCUT2D eigenvalue weighted by atomic mass is 9.89. The molecule has 0 radical (unpaired) electrons. The van der Waals surface area contributed by atoms with Crippen LogP contribution in [0.3, 0.4) is 0 Å². The third-order valence-corrected chi connectivity index (χ3v) is 8.12. The maximum atomic E-state index is 14.2. The van der Waals surface area contributed by atoms with E-state index in [9.17, 15) is 31.2 Å². The maximum absolute atomic E-state index is 14.2. The van der Waals surface area contributed by atoms with Gasteiger partial charge in [-0.3, -0.25) is 4.79 Å². The Morgan fingerprint density at radius 3 is 2.26 bits per heavy atom. The van der Waals surface area contributed by atoms with Crippen molar-refractivity contribution in [2.24, 2.45) is 11.7 Å². The average Bonchev–Trinajstić information content (AvgIpc) is 3.17. The van der Waals surface area contributed by atoms with E-state index in [-0.39, 0.29) is 41.6 Å². The van der Waals surface area contributed by atoms with Gasteiger partial charge in [0.15, 0.2) is 0 Å². The number of halogens is 3. The van der Waals surface area contributed by atoms with Gasteiger partial charge in [-0.15, -0.1) is 0 Å². The average molecular weight is 558 g/mol. The van der Waals surface area contributed by atoms with Crippen molar-refractivity contribution in [3.8, 4) is 11.3 Å². The molecule has 1 aliphatic rings. The highest BCUT2D eigenvalue weighted by molar-refractivity contribution is 7.89. The summed E-state index contributed by atoms with van der Waals surface area (Å²) in [5.74, 6) is -1.62. The Morgan fingerprint density at radius 1 is 1.11 bits per heavy atom. The first-order valence-corrected chi connectivity index (χ1v) is 14.0. The van der Waals surface area contributed by atoms with Crippen molar-refractivity contribution in [1.29, 1.82) is 0 Å². The van der Waals surface area contributed by atoms with Crippen LogP contribution in [0.2, 0.25) is 0 Å². The number of benzene rings is 1. The normalized spacial score (nSPS) is 15.4. The number of alkyl halides is 3. The Morgan fingerprint density at radius 2 is 1.74 bits per heavy atom. The third-order valence-electron chi connectivity index (χ3n) is 6.30. The molecule has 1 aromatic carbocycles. The Hall–Kier alpha value is -2.86. The van der Waals surface area contributed by atoms with Crippen LogP contribution in [0.1, 0.15) is 86.2 Å². The van der Waals surface area contributed by atoms with Gasteiger partial charge in [0.2, 0.25) is 10.0 Å². The number of hydrogen-bond donors (Lipinski definition) is 2. The van der Waals surface area contributed by atoms with E-state index in [0.29, 0.717) is 0 Å². The van der Waals surface area contributed by atoms with Crippen molar-refractivity contribution in [2.75, 3.05) is 6.61 Å². The number of rotatable bonds is 8. The standard InChI is InChI=1S/C26H34F3N3O5S/c1-5-37-24(34)18-14-20(32(22(18)23(30)33)15-16-9-7-6-8-10-16)17-11-12-21(19(13-17)26(27,28)29)38(35,36)31-25(2,3)4/h11-14,16,31H,5-10,15H2,1-4H3,(H2,30,33). The highest BCUT2D eigenvalue weighted by Crippen LogP contribution is 2.39. The Labute approximate surface area is 220 Å². The molecule has 1 aromatic heterocycles. The molecule has 0 bridgehead atoms. The number of nitrogens with two attached hydrogens (primary N) is 1. The summed E-state index contributed by atoms with van der Waals surface area (Å²) in [4.78, 5) is 24.3. The van der Waals surface area contributed by atoms with Gasteiger partial charge >= 0.3 is 12.1 Å². The lowest BCUT2D eigenvalue weighted by Gasteiger charge is -2.25. The van der Waals surface area contributed by atoms with E-state index in [2.05, 4.69) is 4.72 Å². The first kappa shape index (κ1) is 29.7. The molecule has 0 aliphatic heterocycles. The van der Waals surface area contributed by atoms with Crippen LogP contribution in [0, 0.1) is 5.92 Å². The van der Waals surface area contributed by atoms with E-state index in [1.54, 1.807) is 6.92 Å². The molecule has 1 amide bonds. The summed E-state index contributed by atoms with van der Waals surface area (Å²) in [6.45, 7) is 6.43. The second-order valence-electron chi connectivity index (χ2n) is 10.6. The van der Waals surface area contributed by atoms with Crippen LogP contribution >= 0.6 is 0 Å². The monoisotopic (exact) mass is 557 g/mol. The molecule has 1 heterocycles. The van der Waals surface area contributed by atoms with Gasteiger partial charge < -0.3 is 15.0 Å². The SMILES string of the molecule is CCOC(=O)c1cc(-c2ccc(S(=O)(=O)NC(C)(C)C)c(C(F)(F)F)c2)n(CC2CCCCC2)c1C(N)=O. The predicted octanol–water partition coefficient (Wildman–Crippen LogP) is 5.11. The Balaban J connectivity index is 2.26. The van der Waals surface area contributed by atoms with Crippen LogP contribution in [0.15, 0.2) is 29.2 Å². The van der Waals surface area contributed by atoms with Crippen LogP contribution < -0.4 is 10.5 Å². The number of ether oxygens (including phenoxy) is 1. The number of esters is 1. The molecule has 2 aromatic rings. The lowest BCUT2D eigenvalue weighted by molar-refractivity contribution is -0.139. The van der Waals surface area contributed by atoms with Crippen molar-refractivity contribution in [1.82, 2.24) is 9.29 Å². The molecular formula is C26H34F3N3O5S. The number of primary amides is 1. The van der Waals surface area contributed by atoms with E-state index in [0.717, 1.165) is 44.2 Å². The molecule has 1 saturated carbocycles. The quantitative estimate of drug-likeness (QED) is 0.437. The third kappa shape index (κ3) is 6.76. The zero-order valence-electron chi connectivity index (χ0n) is 21.9. The van der Waals surface area contributed by atoms with E-state index in [4.69, 9.17) is 10.5 Å². The summed E-state index contributed by atoms with van der Waals surface area (Å²) in [6.07, 6.45) is -0.274. The lowest BCUT2D eigenvalue weighted by Crippen LogP contribution is -2.41. The number of aromatic nitrogens is 1. The minimum absolute atomic E-state index is 0.0131. The summed E-state index contributed by atoms with van der Waals surface area (Å²) in [7, 11) is -4.53. The smallest absolute Gasteiger partial charge is 0.417 e. The fourth-order valence-corrected chi connectivity index (χ4v) is 6.47. The van der Waals surface area contributed by atoms with Gasteiger partial charge in [-0.05, 0) is 70.2 Å². The molecule has 12 heteroatoms. The first-order valence-electron chi connectivity index (χ1n) is 12.5. The molecule has 0 unspecified atom stereocenters. The van der Waals surface area contributed by atoms with Gasteiger partial charge in [0.05, 0.1) is 22.6 Å². The summed E-state index contributed by atoms with van der Waals surface area (Å²) >= 11 is 0. The number of amides is 1. The topological polar surface area (TPSA) is 120 Å². The molecule has 38 heavy (non-hydrogen) atoms. The summed E-state index contributed by atoms with van der Waals surface area (Å²) < 4.78 is 77.0. The van der Waals surface area contributed by atoms with Crippen molar-refractivity contribution >= 4 is 21.9 Å². The van der Waals surface area contributed by atoms with Crippen molar-refractivity contribution < 1.29 is 35.9 Å².